The van der Waals surface area contributed by atoms with E-state index >= 15 is 0 Å². The lowest BCUT2D eigenvalue weighted by Gasteiger charge is -2.32. The molecule has 8 heteroatoms. The fourth-order valence-electron chi connectivity index (χ4n) is 4.71. The van der Waals surface area contributed by atoms with Crippen LogP contribution >= 0.6 is 0 Å². The van der Waals surface area contributed by atoms with Crippen molar-refractivity contribution in [3.05, 3.63) is 35.7 Å². The van der Waals surface area contributed by atoms with E-state index in [9.17, 15) is 4.79 Å². The number of piperidine rings is 1. The maximum atomic E-state index is 12.9. The number of ether oxygens (including phenoxy) is 1. The summed E-state index contributed by atoms with van der Waals surface area (Å²) in [6.45, 7) is 6.52. The Labute approximate surface area is 195 Å². The topological polar surface area (TPSA) is 76.4 Å². The second-order valence-corrected chi connectivity index (χ2v) is 9.19. The molecule has 1 saturated heterocycles. The molecule has 0 bridgehead atoms. The number of rotatable bonds is 8. The van der Waals surface area contributed by atoms with Crippen LogP contribution in [0.1, 0.15) is 37.1 Å². The zero-order valence-corrected chi connectivity index (χ0v) is 20.3. The Bertz CT molecular complexity index is 1120. The van der Waals surface area contributed by atoms with Gasteiger partial charge in [-0.3, -0.25) is 4.79 Å². The molecule has 0 aliphatic carbocycles. The zero-order chi connectivity index (χ0) is 23.5. The predicted molar refractivity (Wildman–Crippen MR) is 130 cm³/mol. The molecule has 1 fully saturated rings. The second kappa shape index (κ2) is 9.87. The standard InChI is InChI=1S/C25H34N6O2/c1-17-23-18(2)31(20-10-12-21(33-5)13-11-20)28-24(23)25(27-26-17)30-15-6-8-19(16-30)22(32)9-7-14-29(3)4/h10-13,19H,6-9,14-16H2,1-5H3. The molecule has 0 radical (unpaired) electrons. The number of carbonyl (C=O) groups excluding carboxylic acids is 1. The van der Waals surface area contributed by atoms with E-state index in [1.165, 1.54) is 0 Å². The molecule has 4 rings (SSSR count). The molecule has 2 aromatic heterocycles. The molecule has 1 atom stereocenters. The van der Waals surface area contributed by atoms with Crippen LogP contribution in [0.15, 0.2) is 24.3 Å². The van der Waals surface area contributed by atoms with Gasteiger partial charge in [0.2, 0.25) is 0 Å². The van der Waals surface area contributed by atoms with Crippen LogP contribution in [0.2, 0.25) is 0 Å². The number of hydrogen-bond acceptors (Lipinski definition) is 7. The molecule has 3 aromatic rings. The van der Waals surface area contributed by atoms with E-state index in [1.807, 2.05) is 50.0 Å². The van der Waals surface area contributed by atoms with Gasteiger partial charge < -0.3 is 14.5 Å². The Morgan fingerprint density at radius 2 is 1.94 bits per heavy atom. The van der Waals surface area contributed by atoms with Crippen LogP contribution in [0.5, 0.6) is 5.75 Å². The number of nitrogens with zero attached hydrogens (tertiary/aromatic N) is 6. The third-order valence-electron chi connectivity index (χ3n) is 6.51. The lowest BCUT2D eigenvalue weighted by Crippen LogP contribution is -2.39. The number of fused-ring (bicyclic) bond motifs is 1. The molecular formula is C25H34N6O2. The highest BCUT2D eigenvalue weighted by Gasteiger charge is 2.29. The van der Waals surface area contributed by atoms with Crippen LogP contribution in [-0.2, 0) is 4.79 Å². The number of benzene rings is 1. The van der Waals surface area contributed by atoms with Crippen LogP contribution < -0.4 is 9.64 Å². The molecule has 33 heavy (non-hydrogen) atoms. The Morgan fingerprint density at radius 3 is 2.64 bits per heavy atom. The minimum Gasteiger partial charge on any atom is -0.497 e. The highest BCUT2D eigenvalue weighted by atomic mass is 16.5. The number of Topliss-reactive ketones (excluding diaryl/α,β-unsaturated/α-hetero) is 1. The van der Waals surface area contributed by atoms with Crippen molar-refractivity contribution in [3.8, 4) is 11.4 Å². The average molecular weight is 451 g/mol. The van der Waals surface area contributed by atoms with Crippen molar-refractivity contribution in [1.29, 1.82) is 0 Å². The van der Waals surface area contributed by atoms with Crippen molar-refractivity contribution >= 4 is 22.5 Å². The van der Waals surface area contributed by atoms with Gasteiger partial charge in [-0.2, -0.15) is 10.2 Å². The van der Waals surface area contributed by atoms with Crippen molar-refractivity contribution in [2.75, 3.05) is 45.7 Å². The highest BCUT2D eigenvalue weighted by molar-refractivity contribution is 5.92. The number of aromatic nitrogens is 4. The summed E-state index contributed by atoms with van der Waals surface area (Å²) in [5, 5.41) is 15.0. The van der Waals surface area contributed by atoms with E-state index in [0.29, 0.717) is 18.7 Å². The van der Waals surface area contributed by atoms with Crippen LogP contribution in [0.3, 0.4) is 0 Å². The monoisotopic (exact) mass is 450 g/mol. The van der Waals surface area contributed by atoms with Gasteiger partial charge in [-0.1, -0.05) is 0 Å². The molecular weight excluding hydrogens is 416 g/mol. The van der Waals surface area contributed by atoms with Gasteiger partial charge in [-0.15, -0.1) is 5.10 Å². The molecule has 0 saturated carbocycles. The quantitative estimate of drug-likeness (QED) is 0.519. The number of anilines is 1. The van der Waals surface area contributed by atoms with E-state index < -0.39 is 0 Å². The van der Waals surface area contributed by atoms with Gasteiger partial charge in [0.05, 0.1) is 29.6 Å². The molecule has 1 aromatic carbocycles. The van der Waals surface area contributed by atoms with Crippen LogP contribution in [0.25, 0.3) is 16.6 Å². The molecule has 1 aliphatic rings. The van der Waals surface area contributed by atoms with Gasteiger partial charge in [-0.05, 0) is 78.0 Å². The van der Waals surface area contributed by atoms with E-state index in [4.69, 9.17) is 9.84 Å². The summed E-state index contributed by atoms with van der Waals surface area (Å²) in [4.78, 5) is 17.2. The van der Waals surface area contributed by atoms with Crippen molar-refractivity contribution in [2.45, 2.75) is 39.5 Å². The highest BCUT2D eigenvalue weighted by Crippen LogP contribution is 2.32. The minimum absolute atomic E-state index is 0.0452. The fraction of sp³-hybridized carbons (Fsp3) is 0.520. The number of aryl methyl sites for hydroxylation is 2. The Kier molecular flexibility index (Phi) is 6.93. The van der Waals surface area contributed by atoms with Gasteiger partial charge in [0, 0.05) is 25.4 Å². The largest absolute Gasteiger partial charge is 0.497 e. The summed E-state index contributed by atoms with van der Waals surface area (Å²) in [7, 11) is 5.75. The van der Waals surface area contributed by atoms with Crippen LogP contribution in [0, 0.1) is 19.8 Å². The molecule has 3 heterocycles. The lowest BCUT2D eigenvalue weighted by atomic mass is 9.91. The molecule has 0 spiro atoms. The van der Waals surface area contributed by atoms with Crippen LogP contribution in [0.4, 0.5) is 5.82 Å². The number of ketones is 1. The normalized spacial score (nSPS) is 16.5. The Morgan fingerprint density at radius 1 is 1.18 bits per heavy atom. The SMILES string of the molecule is COc1ccc(-n2nc3c(N4CCCC(C(=O)CCCN(C)C)C4)nnc(C)c3c2C)cc1. The van der Waals surface area contributed by atoms with Gasteiger partial charge in [-0.25, -0.2) is 4.68 Å². The average Bonchev–Trinajstić information content (AvgIpc) is 3.17. The number of hydrogen-bond donors (Lipinski definition) is 0. The van der Waals surface area contributed by atoms with Crippen molar-refractivity contribution < 1.29 is 9.53 Å². The molecule has 1 unspecified atom stereocenters. The number of methoxy groups -OCH3 is 1. The molecule has 0 amide bonds. The van der Waals surface area contributed by atoms with Crippen molar-refractivity contribution in [3.63, 3.8) is 0 Å². The molecule has 0 N–H and O–H groups in total. The van der Waals surface area contributed by atoms with Crippen LogP contribution in [-0.4, -0.2) is 71.5 Å². The summed E-state index contributed by atoms with van der Waals surface area (Å²) < 4.78 is 7.23. The predicted octanol–water partition coefficient (Wildman–Crippen LogP) is 3.57. The maximum Gasteiger partial charge on any atom is 0.179 e. The third-order valence-corrected chi connectivity index (χ3v) is 6.51. The molecule has 1 aliphatic heterocycles. The van der Waals surface area contributed by atoms with Gasteiger partial charge in [0.25, 0.3) is 0 Å². The van der Waals surface area contributed by atoms with E-state index in [-0.39, 0.29) is 5.92 Å². The van der Waals surface area contributed by atoms with Crippen molar-refractivity contribution in [1.82, 2.24) is 24.9 Å². The van der Waals surface area contributed by atoms with E-state index in [1.54, 1.807) is 7.11 Å². The van der Waals surface area contributed by atoms with Gasteiger partial charge in [0.1, 0.15) is 17.0 Å². The third kappa shape index (κ3) is 4.85. The first-order valence-electron chi connectivity index (χ1n) is 11.7. The van der Waals surface area contributed by atoms with E-state index in [0.717, 1.165) is 71.9 Å². The van der Waals surface area contributed by atoms with E-state index in [2.05, 4.69) is 26.9 Å². The first-order valence-corrected chi connectivity index (χ1v) is 11.7. The summed E-state index contributed by atoms with van der Waals surface area (Å²) in [5.74, 6) is 1.99. The van der Waals surface area contributed by atoms with Gasteiger partial charge >= 0.3 is 0 Å². The lowest BCUT2D eigenvalue weighted by molar-refractivity contribution is -0.123. The van der Waals surface area contributed by atoms with Gasteiger partial charge in [0.15, 0.2) is 5.82 Å². The number of carbonyl (C=O) groups is 1. The Balaban J connectivity index is 1.62. The smallest absolute Gasteiger partial charge is 0.179 e. The summed E-state index contributed by atoms with van der Waals surface area (Å²) in [5.41, 5.74) is 3.69. The maximum absolute atomic E-state index is 12.9. The molecule has 176 valence electrons. The summed E-state index contributed by atoms with van der Waals surface area (Å²) in [6, 6.07) is 7.86. The first kappa shape index (κ1) is 23.2. The van der Waals surface area contributed by atoms with Crippen molar-refractivity contribution in [2.24, 2.45) is 5.92 Å². The minimum atomic E-state index is 0.0452. The first-order chi connectivity index (χ1) is 15.9. The summed E-state index contributed by atoms with van der Waals surface area (Å²) >= 11 is 0. The zero-order valence-electron chi connectivity index (χ0n) is 20.3. The Hall–Kier alpha value is -3.00. The fourth-order valence-corrected chi connectivity index (χ4v) is 4.71. The molecule has 8 nitrogen and oxygen atoms in total. The second-order valence-electron chi connectivity index (χ2n) is 9.19. The summed E-state index contributed by atoms with van der Waals surface area (Å²) in [6.07, 6.45) is 3.46.